The van der Waals surface area contributed by atoms with Gasteiger partial charge in [0, 0.05) is 22.5 Å². The number of hydrogen-bond acceptors (Lipinski definition) is 2. The van der Waals surface area contributed by atoms with Crippen LogP contribution in [-0.4, -0.2) is 12.5 Å². The summed E-state index contributed by atoms with van der Waals surface area (Å²) in [5.74, 6) is 0.962. The molecular weight excluding hydrogens is 290 g/mol. The van der Waals surface area contributed by atoms with E-state index < -0.39 is 0 Å². The predicted molar refractivity (Wildman–Crippen MR) is 91.9 cm³/mol. The molecule has 0 saturated carbocycles. The van der Waals surface area contributed by atoms with Gasteiger partial charge in [0.15, 0.2) is 0 Å². The van der Waals surface area contributed by atoms with Crippen molar-refractivity contribution < 1.29 is 4.79 Å². The molecule has 2 heterocycles. The number of rotatable bonds is 1. The molecule has 22 heavy (non-hydrogen) atoms. The van der Waals surface area contributed by atoms with Gasteiger partial charge < -0.3 is 4.90 Å². The lowest BCUT2D eigenvalue weighted by Gasteiger charge is -2.30. The molecule has 0 spiro atoms. The Bertz CT molecular complexity index is 718. The van der Waals surface area contributed by atoms with Crippen LogP contribution in [0.2, 0.25) is 0 Å². The van der Waals surface area contributed by atoms with Crippen LogP contribution < -0.4 is 4.90 Å². The number of fused-ring (bicyclic) bond motifs is 2. The molecule has 1 amide bonds. The first-order valence-corrected chi connectivity index (χ1v) is 9.11. The van der Waals surface area contributed by atoms with E-state index in [0.29, 0.717) is 0 Å². The second-order valence-corrected chi connectivity index (χ2v) is 7.55. The summed E-state index contributed by atoms with van der Waals surface area (Å²) in [6.45, 7) is 3.15. The van der Waals surface area contributed by atoms with Crippen molar-refractivity contribution in [3.63, 3.8) is 0 Å². The zero-order chi connectivity index (χ0) is 15.1. The van der Waals surface area contributed by atoms with Crippen molar-refractivity contribution in [1.82, 2.24) is 0 Å². The smallest absolute Gasteiger partial charge is 0.259 e. The van der Waals surface area contributed by atoms with E-state index in [4.69, 9.17) is 0 Å². The predicted octanol–water partition coefficient (Wildman–Crippen LogP) is 4.47. The van der Waals surface area contributed by atoms with Crippen molar-refractivity contribution in [2.75, 3.05) is 11.4 Å². The average Bonchev–Trinajstić information content (AvgIpc) is 2.96. The Morgan fingerprint density at radius 1 is 1.27 bits per heavy atom. The Labute approximate surface area is 135 Å². The molecule has 0 N–H and O–H groups in total. The quantitative estimate of drug-likeness (QED) is 0.761. The number of aryl methyl sites for hydroxylation is 1. The van der Waals surface area contributed by atoms with E-state index in [9.17, 15) is 4.79 Å². The molecular formula is C19H21NOS. The Morgan fingerprint density at radius 2 is 2.14 bits per heavy atom. The molecule has 1 aliphatic carbocycles. The molecule has 114 valence electrons. The average molecular weight is 311 g/mol. The number of amides is 1. The summed E-state index contributed by atoms with van der Waals surface area (Å²) in [5.41, 5.74) is 4.71. The minimum absolute atomic E-state index is 0.208. The lowest BCUT2D eigenvalue weighted by molar-refractivity contribution is 0.0984. The maximum atomic E-state index is 13.1. The largest absolute Gasteiger partial charge is 0.308 e. The number of benzene rings is 1. The van der Waals surface area contributed by atoms with Crippen molar-refractivity contribution in [2.24, 2.45) is 5.92 Å². The molecule has 1 unspecified atom stereocenters. The van der Waals surface area contributed by atoms with Gasteiger partial charge >= 0.3 is 0 Å². The number of hydrogen-bond donors (Lipinski definition) is 0. The Balaban J connectivity index is 1.69. The summed E-state index contributed by atoms with van der Waals surface area (Å²) in [6.07, 6.45) is 5.56. The minimum Gasteiger partial charge on any atom is -0.308 e. The molecule has 0 fully saturated rings. The molecule has 1 atom stereocenters. The number of carbonyl (C=O) groups excluding carboxylic acids is 1. The first-order chi connectivity index (χ1) is 10.7. The van der Waals surface area contributed by atoms with Gasteiger partial charge in [-0.25, -0.2) is 0 Å². The van der Waals surface area contributed by atoms with Gasteiger partial charge in [-0.1, -0.05) is 25.1 Å². The van der Waals surface area contributed by atoms with Crippen molar-refractivity contribution in [3.05, 3.63) is 51.2 Å². The zero-order valence-corrected chi connectivity index (χ0v) is 13.8. The number of anilines is 1. The molecule has 3 heteroatoms. The first kappa shape index (κ1) is 14.0. The van der Waals surface area contributed by atoms with Gasteiger partial charge in [-0.2, -0.15) is 0 Å². The molecule has 1 aromatic heterocycles. The Morgan fingerprint density at radius 3 is 3.05 bits per heavy atom. The van der Waals surface area contributed by atoms with E-state index in [1.54, 1.807) is 11.3 Å². The first-order valence-electron chi connectivity index (χ1n) is 8.23. The molecule has 1 aliphatic heterocycles. The molecule has 0 bridgehead atoms. The van der Waals surface area contributed by atoms with Gasteiger partial charge in [-0.15, -0.1) is 11.3 Å². The third kappa shape index (κ3) is 2.28. The van der Waals surface area contributed by atoms with Gasteiger partial charge in [-0.3, -0.25) is 4.79 Å². The highest BCUT2D eigenvalue weighted by Crippen LogP contribution is 2.35. The molecule has 0 saturated heterocycles. The second-order valence-electron chi connectivity index (χ2n) is 6.59. The summed E-state index contributed by atoms with van der Waals surface area (Å²) in [4.78, 5) is 16.5. The third-order valence-electron chi connectivity index (χ3n) is 4.99. The SMILES string of the molecule is CC1CCc2c(C(=O)N3CCCc4ccccc43)csc2C1. The maximum absolute atomic E-state index is 13.1. The maximum Gasteiger partial charge on any atom is 0.259 e. The second kappa shape index (κ2) is 5.54. The van der Waals surface area contributed by atoms with Crippen LogP contribution in [0.25, 0.3) is 0 Å². The van der Waals surface area contributed by atoms with Crippen LogP contribution in [0.3, 0.4) is 0 Å². The fourth-order valence-corrected chi connectivity index (χ4v) is 4.98. The van der Waals surface area contributed by atoms with Gasteiger partial charge in [0.2, 0.25) is 0 Å². The van der Waals surface area contributed by atoms with E-state index in [-0.39, 0.29) is 5.91 Å². The number of para-hydroxylation sites is 1. The number of carbonyl (C=O) groups is 1. The lowest BCUT2D eigenvalue weighted by atomic mass is 9.88. The molecule has 0 radical (unpaired) electrons. The zero-order valence-electron chi connectivity index (χ0n) is 13.0. The van der Waals surface area contributed by atoms with E-state index in [2.05, 4.69) is 30.5 Å². The highest BCUT2D eigenvalue weighted by molar-refractivity contribution is 7.10. The van der Waals surface area contributed by atoms with E-state index in [1.807, 2.05) is 11.0 Å². The van der Waals surface area contributed by atoms with Crippen LogP contribution in [0.4, 0.5) is 5.69 Å². The topological polar surface area (TPSA) is 20.3 Å². The van der Waals surface area contributed by atoms with Gasteiger partial charge in [0.1, 0.15) is 0 Å². The minimum atomic E-state index is 0.208. The van der Waals surface area contributed by atoms with Crippen molar-refractivity contribution >= 4 is 22.9 Å². The summed E-state index contributed by atoms with van der Waals surface area (Å²) >= 11 is 1.78. The van der Waals surface area contributed by atoms with Crippen molar-refractivity contribution in [2.45, 2.75) is 39.0 Å². The third-order valence-corrected chi connectivity index (χ3v) is 6.04. The highest BCUT2D eigenvalue weighted by Gasteiger charge is 2.28. The summed E-state index contributed by atoms with van der Waals surface area (Å²) in [7, 11) is 0. The normalized spacial score (nSPS) is 20.4. The Hall–Kier alpha value is -1.61. The lowest BCUT2D eigenvalue weighted by Crippen LogP contribution is -2.35. The van der Waals surface area contributed by atoms with E-state index >= 15 is 0 Å². The molecule has 2 aliphatic rings. The summed E-state index contributed by atoms with van der Waals surface area (Å²) in [5, 5.41) is 2.10. The molecule has 2 nitrogen and oxygen atoms in total. The van der Waals surface area contributed by atoms with Gasteiger partial charge in [0.05, 0.1) is 5.56 Å². The highest BCUT2D eigenvalue weighted by atomic mass is 32.1. The summed E-state index contributed by atoms with van der Waals surface area (Å²) in [6, 6.07) is 8.35. The summed E-state index contributed by atoms with van der Waals surface area (Å²) < 4.78 is 0. The molecule has 1 aromatic carbocycles. The molecule has 4 rings (SSSR count). The van der Waals surface area contributed by atoms with Crippen LogP contribution in [0.5, 0.6) is 0 Å². The van der Waals surface area contributed by atoms with Crippen molar-refractivity contribution in [3.8, 4) is 0 Å². The molecule has 2 aromatic rings. The van der Waals surface area contributed by atoms with E-state index in [0.717, 1.165) is 49.4 Å². The van der Waals surface area contributed by atoms with Crippen LogP contribution in [0.15, 0.2) is 29.6 Å². The van der Waals surface area contributed by atoms with E-state index in [1.165, 1.54) is 22.4 Å². The number of nitrogens with zero attached hydrogens (tertiary/aromatic N) is 1. The number of thiophene rings is 1. The van der Waals surface area contributed by atoms with Gasteiger partial charge in [0.25, 0.3) is 5.91 Å². The fourth-order valence-electron chi connectivity index (χ4n) is 3.75. The van der Waals surface area contributed by atoms with Crippen LogP contribution in [-0.2, 0) is 19.3 Å². The van der Waals surface area contributed by atoms with Gasteiger partial charge in [-0.05, 0) is 55.2 Å². The standard InChI is InChI=1S/C19H21NOS/c1-13-8-9-15-16(12-22-18(15)11-13)19(21)20-10-4-6-14-5-2-3-7-17(14)20/h2-3,5,7,12-13H,4,6,8-11H2,1H3. The monoisotopic (exact) mass is 311 g/mol. The Kier molecular flexibility index (Phi) is 3.53. The fraction of sp³-hybridized carbons (Fsp3) is 0.421. The van der Waals surface area contributed by atoms with Crippen LogP contribution in [0.1, 0.15) is 46.1 Å². The van der Waals surface area contributed by atoms with Crippen LogP contribution in [0, 0.1) is 5.92 Å². The van der Waals surface area contributed by atoms with Crippen LogP contribution >= 0.6 is 11.3 Å². The van der Waals surface area contributed by atoms with Crippen molar-refractivity contribution in [1.29, 1.82) is 0 Å².